The molecule has 50 heavy (non-hydrogen) atoms. The van der Waals surface area contributed by atoms with E-state index in [0.717, 1.165) is 59.4 Å². The van der Waals surface area contributed by atoms with Crippen LogP contribution in [0.25, 0.3) is 38.6 Å². The highest BCUT2D eigenvalue weighted by Crippen LogP contribution is 2.38. The summed E-state index contributed by atoms with van der Waals surface area (Å²) >= 11 is 0. The summed E-state index contributed by atoms with van der Waals surface area (Å²) in [5.74, 6) is 0. The molecule has 0 radical (unpaired) electrons. The summed E-state index contributed by atoms with van der Waals surface area (Å²) in [5.41, 5.74) is 6.05. The largest absolute Gasteiger partial charge is 0.309 e. The lowest BCUT2D eigenvalue weighted by Gasteiger charge is -2.37. The van der Waals surface area contributed by atoms with Crippen molar-refractivity contribution in [1.29, 1.82) is 15.8 Å². The zero-order valence-corrected chi connectivity index (χ0v) is 28.0. The monoisotopic (exact) mass is 652 g/mol. The van der Waals surface area contributed by atoms with Gasteiger partial charge < -0.3 is 4.57 Å². The zero-order chi connectivity index (χ0) is 34.1. The summed E-state index contributed by atoms with van der Waals surface area (Å²) in [5, 5.41) is 37.9. The minimum Gasteiger partial charge on any atom is -0.309 e. The van der Waals surface area contributed by atoms with E-state index in [2.05, 4.69) is 120 Å². The number of nitriles is 3. The van der Waals surface area contributed by atoms with Crippen molar-refractivity contribution in [2.45, 2.75) is 0 Å². The third-order valence-corrected chi connectivity index (χ3v) is 14.5. The Labute approximate surface area is 291 Å². The summed E-state index contributed by atoms with van der Waals surface area (Å²) < 4.78 is 2.22. The minimum atomic E-state index is -3.29. The first kappa shape index (κ1) is 30.4. The number of hydrogen-bond donors (Lipinski definition) is 0. The first-order valence-electron chi connectivity index (χ1n) is 16.4. The zero-order valence-electron chi connectivity index (χ0n) is 27.0. The smallest absolute Gasteiger partial charge is 0.181 e. The van der Waals surface area contributed by atoms with Crippen molar-refractivity contribution >= 4 is 50.6 Å². The molecule has 4 nitrogen and oxygen atoms in total. The molecule has 5 heteroatoms. The normalized spacial score (nSPS) is 11.1. The second-order valence-electron chi connectivity index (χ2n) is 12.2. The van der Waals surface area contributed by atoms with Crippen LogP contribution in [0.15, 0.2) is 170 Å². The Hall–Kier alpha value is -6.97. The molecule has 0 amide bonds. The molecule has 0 spiro atoms. The molecular weight excluding hydrogens is 625 g/mol. The van der Waals surface area contributed by atoms with Crippen LogP contribution in [-0.4, -0.2) is 12.6 Å². The maximum absolute atomic E-state index is 11.0. The van der Waals surface area contributed by atoms with Crippen molar-refractivity contribution in [2.75, 3.05) is 0 Å². The first-order valence-corrected chi connectivity index (χ1v) is 18.4. The maximum atomic E-state index is 11.0. The first-order chi connectivity index (χ1) is 24.7. The van der Waals surface area contributed by atoms with Crippen molar-refractivity contribution in [3.05, 3.63) is 187 Å². The summed E-state index contributed by atoms with van der Waals surface area (Å²) in [7, 11) is -3.29. The Morgan fingerprint density at radius 1 is 0.440 bits per heavy atom. The van der Waals surface area contributed by atoms with Gasteiger partial charge in [-0.3, -0.25) is 0 Å². The Bertz CT molecular complexity index is 2580. The molecule has 0 saturated heterocycles. The molecule has 0 fully saturated rings. The van der Waals surface area contributed by atoms with Crippen LogP contribution < -0.4 is 20.7 Å². The predicted octanol–water partition coefficient (Wildman–Crippen LogP) is 7.44. The number of rotatable bonds is 6. The topological polar surface area (TPSA) is 76.3 Å². The van der Waals surface area contributed by atoms with Crippen LogP contribution in [-0.2, 0) is 0 Å². The molecule has 1 aromatic heterocycles. The van der Waals surface area contributed by atoms with E-state index in [1.807, 2.05) is 66.7 Å². The van der Waals surface area contributed by atoms with Gasteiger partial charge >= 0.3 is 0 Å². The van der Waals surface area contributed by atoms with Crippen LogP contribution in [0.1, 0.15) is 16.7 Å². The van der Waals surface area contributed by atoms with Gasteiger partial charge in [0, 0.05) is 21.9 Å². The van der Waals surface area contributed by atoms with Crippen LogP contribution >= 0.6 is 0 Å². The number of fused-ring (bicyclic) bond motifs is 3. The molecule has 0 aliphatic rings. The van der Waals surface area contributed by atoms with Gasteiger partial charge in [0.2, 0.25) is 0 Å². The van der Waals surface area contributed by atoms with Gasteiger partial charge in [-0.25, -0.2) is 0 Å². The van der Waals surface area contributed by atoms with E-state index in [1.54, 1.807) is 6.07 Å². The lowest BCUT2D eigenvalue weighted by atomic mass is 9.96. The van der Waals surface area contributed by atoms with Crippen LogP contribution in [0.5, 0.6) is 0 Å². The van der Waals surface area contributed by atoms with Crippen LogP contribution in [0, 0.1) is 34.0 Å². The highest BCUT2D eigenvalue weighted by Gasteiger charge is 2.45. The summed E-state index contributed by atoms with van der Waals surface area (Å²) in [6, 6.07) is 64.6. The highest BCUT2D eigenvalue weighted by molar-refractivity contribution is 7.20. The fourth-order valence-corrected chi connectivity index (χ4v) is 12.8. The number of para-hydroxylation sites is 2. The van der Waals surface area contributed by atoms with Gasteiger partial charge in [0.05, 0.1) is 51.6 Å². The molecule has 1 heterocycles. The van der Waals surface area contributed by atoms with Crippen molar-refractivity contribution in [2.24, 2.45) is 0 Å². The fourth-order valence-electron chi connectivity index (χ4n) is 7.64. The lowest BCUT2D eigenvalue weighted by molar-refractivity contribution is 1.18. The van der Waals surface area contributed by atoms with Crippen LogP contribution in [0.2, 0.25) is 0 Å². The molecule has 0 aliphatic carbocycles. The molecule has 0 aliphatic heterocycles. The van der Waals surface area contributed by atoms with Gasteiger partial charge in [-0.2, -0.15) is 15.8 Å². The van der Waals surface area contributed by atoms with Gasteiger partial charge in [0.15, 0.2) is 8.07 Å². The fraction of sp³-hybridized carbons (Fsp3) is 0. The second kappa shape index (κ2) is 12.6. The summed E-state index contributed by atoms with van der Waals surface area (Å²) in [6.45, 7) is 0. The molecule has 0 saturated carbocycles. The second-order valence-corrected chi connectivity index (χ2v) is 15.9. The molecule has 0 bridgehead atoms. The predicted molar refractivity (Wildman–Crippen MR) is 204 cm³/mol. The third kappa shape index (κ3) is 4.64. The van der Waals surface area contributed by atoms with Crippen LogP contribution in [0.4, 0.5) is 0 Å². The van der Waals surface area contributed by atoms with Crippen LogP contribution in [0.3, 0.4) is 0 Å². The van der Waals surface area contributed by atoms with Gasteiger partial charge in [-0.05, 0) is 63.2 Å². The molecule has 0 N–H and O–H groups in total. The molecule has 8 aromatic rings. The number of nitrogens with zero attached hydrogens (tertiary/aromatic N) is 4. The van der Waals surface area contributed by atoms with Gasteiger partial charge in [0.1, 0.15) is 0 Å². The summed E-state index contributed by atoms with van der Waals surface area (Å²) in [4.78, 5) is 0. The molecule has 8 rings (SSSR count). The Kier molecular flexibility index (Phi) is 7.63. The average Bonchev–Trinajstić information content (AvgIpc) is 3.52. The molecule has 0 atom stereocenters. The van der Waals surface area contributed by atoms with Gasteiger partial charge in [0.25, 0.3) is 0 Å². The van der Waals surface area contributed by atoms with Gasteiger partial charge in [-0.1, -0.05) is 127 Å². The van der Waals surface area contributed by atoms with Gasteiger partial charge in [-0.15, -0.1) is 0 Å². The van der Waals surface area contributed by atoms with E-state index in [4.69, 9.17) is 0 Å². The Morgan fingerprint density at radius 2 is 0.960 bits per heavy atom. The standard InChI is InChI=1S/C45H28N4Si/c46-29-32-24-27-43-40(28-32)38-20-10-12-22-41(38)49(43)42-23-13-11-21-39(42)44-33(30-47)25-26-34(31-48)45(44)50(35-14-4-1-5-15-35,36-16-6-2-7-17-36)37-18-8-3-9-19-37/h1-28H. The molecule has 0 unspecified atom stereocenters. The Balaban J connectivity index is 1.58. The van der Waals surface area contributed by atoms with Crippen molar-refractivity contribution < 1.29 is 0 Å². The lowest BCUT2D eigenvalue weighted by Crippen LogP contribution is -2.75. The minimum absolute atomic E-state index is 0.499. The van der Waals surface area contributed by atoms with E-state index in [1.165, 1.54) is 0 Å². The number of aromatic nitrogens is 1. The van der Waals surface area contributed by atoms with E-state index >= 15 is 0 Å². The van der Waals surface area contributed by atoms with E-state index < -0.39 is 8.07 Å². The molecular formula is C45H28N4Si. The quantitative estimate of drug-likeness (QED) is 0.138. The number of benzene rings is 7. The van der Waals surface area contributed by atoms with Crippen molar-refractivity contribution in [3.8, 4) is 35.0 Å². The van der Waals surface area contributed by atoms with Crippen molar-refractivity contribution in [1.82, 2.24) is 4.57 Å². The van der Waals surface area contributed by atoms with Crippen molar-refractivity contribution in [3.63, 3.8) is 0 Å². The van der Waals surface area contributed by atoms with E-state index in [9.17, 15) is 15.8 Å². The maximum Gasteiger partial charge on any atom is 0.181 e. The highest BCUT2D eigenvalue weighted by atomic mass is 28.3. The third-order valence-electron chi connectivity index (χ3n) is 9.66. The average molecular weight is 653 g/mol. The number of hydrogen-bond acceptors (Lipinski definition) is 3. The SMILES string of the molecule is N#Cc1ccc2c(c1)c1ccccc1n2-c1ccccc1-c1c(C#N)ccc(C#N)c1[Si](c1ccccc1)(c1ccccc1)c1ccccc1. The van der Waals surface area contributed by atoms with E-state index in [0.29, 0.717) is 16.7 Å². The Morgan fingerprint density at radius 3 is 1.56 bits per heavy atom. The summed E-state index contributed by atoms with van der Waals surface area (Å²) in [6.07, 6.45) is 0. The molecule has 232 valence electrons. The molecule has 7 aromatic carbocycles. The van der Waals surface area contributed by atoms with E-state index in [-0.39, 0.29) is 0 Å².